The molecule has 0 aliphatic rings. The largest absolute Gasteiger partial charge is 0.348 e. The summed E-state index contributed by atoms with van der Waals surface area (Å²) in [5, 5.41) is 4.91. The molecule has 0 saturated carbocycles. The first-order valence-corrected chi connectivity index (χ1v) is 7.19. The lowest BCUT2D eigenvalue weighted by Crippen LogP contribution is -2.20. The summed E-state index contributed by atoms with van der Waals surface area (Å²) in [5.41, 5.74) is 3.18. The predicted octanol–water partition coefficient (Wildman–Crippen LogP) is 3.83. The minimum absolute atomic E-state index is 0.155. The molecule has 0 aliphatic heterocycles. The molecule has 0 bridgehead atoms. The van der Waals surface area contributed by atoms with Gasteiger partial charge in [0.25, 0.3) is 0 Å². The molecule has 0 aliphatic carbocycles. The highest BCUT2D eigenvalue weighted by atomic mass is 32.1. The van der Waals surface area contributed by atoms with Crippen LogP contribution in [0.5, 0.6) is 0 Å². The minimum atomic E-state index is -0.282. The summed E-state index contributed by atoms with van der Waals surface area (Å²) < 4.78 is 12.7. The van der Waals surface area contributed by atoms with Gasteiger partial charge < -0.3 is 5.32 Å². The summed E-state index contributed by atoms with van der Waals surface area (Å²) >= 11 is 1.69. The molecule has 1 amide bonds. The maximum Gasteiger partial charge on any atom is 0.244 e. The lowest BCUT2D eigenvalue weighted by Gasteiger charge is -2.02. The second kappa shape index (κ2) is 6.48. The average Bonchev–Trinajstić information content (AvgIpc) is 2.76. The van der Waals surface area contributed by atoms with Gasteiger partial charge in [0.1, 0.15) is 5.82 Å². The van der Waals surface area contributed by atoms with E-state index in [0.717, 1.165) is 11.1 Å². The molecule has 0 unspecified atom stereocenters. The van der Waals surface area contributed by atoms with Crippen LogP contribution in [0.4, 0.5) is 4.39 Å². The summed E-state index contributed by atoms with van der Waals surface area (Å²) in [6.45, 7) is 4.66. The van der Waals surface area contributed by atoms with Crippen molar-refractivity contribution in [2.24, 2.45) is 0 Å². The SMILES string of the molecule is Cc1scc(CNC(=O)/C=C/c2ccc(F)cc2)c1C. The molecule has 0 saturated heterocycles. The Balaban J connectivity index is 1.89. The van der Waals surface area contributed by atoms with Crippen molar-refractivity contribution in [3.05, 3.63) is 63.1 Å². The van der Waals surface area contributed by atoms with E-state index < -0.39 is 0 Å². The number of aryl methyl sites for hydroxylation is 1. The Morgan fingerprint density at radius 1 is 1.30 bits per heavy atom. The second-order valence-corrected chi connectivity index (χ2v) is 5.63. The number of benzene rings is 1. The summed E-state index contributed by atoms with van der Waals surface area (Å²) in [6.07, 6.45) is 3.13. The fraction of sp³-hybridized carbons (Fsp3) is 0.188. The van der Waals surface area contributed by atoms with Gasteiger partial charge in [0.2, 0.25) is 5.91 Å². The molecule has 1 aromatic carbocycles. The Hall–Kier alpha value is -1.94. The molecule has 0 radical (unpaired) electrons. The van der Waals surface area contributed by atoms with Crippen LogP contribution >= 0.6 is 11.3 Å². The van der Waals surface area contributed by atoms with Crippen LogP contribution < -0.4 is 5.32 Å². The van der Waals surface area contributed by atoms with Gasteiger partial charge in [-0.1, -0.05) is 12.1 Å². The van der Waals surface area contributed by atoms with Crippen LogP contribution in [0.1, 0.15) is 21.6 Å². The van der Waals surface area contributed by atoms with E-state index in [0.29, 0.717) is 6.54 Å². The highest BCUT2D eigenvalue weighted by Crippen LogP contribution is 2.20. The minimum Gasteiger partial charge on any atom is -0.348 e. The standard InChI is InChI=1S/C16H16FNOS/c1-11-12(2)20-10-14(11)9-18-16(19)8-5-13-3-6-15(17)7-4-13/h3-8,10H,9H2,1-2H3,(H,18,19)/b8-5+. The van der Waals surface area contributed by atoms with E-state index in [1.54, 1.807) is 29.5 Å². The van der Waals surface area contributed by atoms with Gasteiger partial charge in [-0.15, -0.1) is 11.3 Å². The third-order valence-corrected chi connectivity index (χ3v) is 4.20. The van der Waals surface area contributed by atoms with Crippen molar-refractivity contribution in [3.63, 3.8) is 0 Å². The van der Waals surface area contributed by atoms with Gasteiger partial charge in [-0.2, -0.15) is 0 Å². The molecule has 2 rings (SSSR count). The van der Waals surface area contributed by atoms with E-state index in [9.17, 15) is 9.18 Å². The van der Waals surface area contributed by atoms with E-state index in [-0.39, 0.29) is 11.7 Å². The zero-order valence-electron chi connectivity index (χ0n) is 11.4. The number of rotatable bonds is 4. The van der Waals surface area contributed by atoms with E-state index in [2.05, 4.69) is 24.5 Å². The number of thiophene rings is 1. The summed E-state index contributed by atoms with van der Waals surface area (Å²) in [6, 6.07) is 6.00. The van der Waals surface area contributed by atoms with Crippen LogP contribution in [0.15, 0.2) is 35.7 Å². The lowest BCUT2D eigenvalue weighted by atomic mass is 10.2. The Kier molecular flexibility index (Phi) is 4.69. The Morgan fingerprint density at radius 2 is 2.00 bits per heavy atom. The number of nitrogens with one attached hydrogen (secondary N) is 1. The van der Waals surface area contributed by atoms with Crippen LogP contribution in [-0.4, -0.2) is 5.91 Å². The van der Waals surface area contributed by atoms with Crippen molar-refractivity contribution in [1.82, 2.24) is 5.32 Å². The third-order valence-electron chi connectivity index (χ3n) is 3.14. The van der Waals surface area contributed by atoms with Gasteiger partial charge in [-0.25, -0.2) is 4.39 Å². The van der Waals surface area contributed by atoms with Crippen LogP contribution in [-0.2, 0) is 11.3 Å². The zero-order chi connectivity index (χ0) is 14.5. The number of halogens is 1. The molecular weight excluding hydrogens is 273 g/mol. The summed E-state index contributed by atoms with van der Waals surface area (Å²) in [7, 11) is 0. The quantitative estimate of drug-likeness (QED) is 0.851. The molecule has 20 heavy (non-hydrogen) atoms. The highest BCUT2D eigenvalue weighted by molar-refractivity contribution is 7.10. The first kappa shape index (κ1) is 14.5. The molecule has 1 N–H and O–H groups in total. The molecule has 1 heterocycles. The second-order valence-electron chi connectivity index (χ2n) is 4.54. The Bertz CT molecular complexity index is 628. The molecule has 2 nitrogen and oxygen atoms in total. The zero-order valence-corrected chi connectivity index (χ0v) is 12.3. The van der Waals surface area contributed by atoms with Crippen LogP contribution in [0.25, 0.3) is 6.08 Å². The average molecular weight is 289 g/mol. The first-order chi connectivity index (χ1) is 9.56. The molecule has 0 atom stereocenters. The first-order valence-electron chi connectivity index (χ1n) is 6.31. The fourth-order valence-corrected chi connectivity index (χ4v) is 2.61. The van der Waals surface area contributed by atoms with Crippen LogP contribution in [0, 0.1) is 19.7 Å². The van der Waals surface area contributed by atoms with Crippen LogP contribution in [0.3, 0.4) is 0 Å². The van der Waals surface area contributed by atoms with Crippen molar-refractivity contribution in [3.8, 4) is 0 Å². The molecule has 104 valence electrons. The normalized spacial score (nSPS) is 10.9. The van der Waals surface area contributed by atoms with E-state index in [4.69, 9.17) is 0 Å². The molecule has 0 spiro atoms. The van der Waals surface area contributed by atoms with Gasteiger partial charge in [-0.3, -0.25) is 4.79 Å². The van der Waals surface area contributed by atoms with Gasteiger partial charge >= 0.3 is 0 Å². The Morgan fingerprint density at radius 3 is 2.60 bits per heavy atom. The maximum atomic E-state index is 12.7. The number of amides is 1. The predicted molar refractivity (Wildman–Crippen MR) is 81.1 cm³/mol. The molecular formula is C16H16FNOS. The monoisotopic (exact) mass is 289 g/mol. The number of carbonyl (C=O) groups is 1. The van der Waals surface area contributed by atoms with Gasteiger partial charge in [0.15, 0.2) is 0 Å². The highest BCUT2D eigenvalue weighted by Gasteiger charge is 2.04. The summed E-state index contributed by atoms with van der Waals surface area (Å²) in [4.78, 5) is 13.0. The Labute approximate surface area is 122 Å². The third kappa shape index (κ3) is 3.78. The van der Waals surface area contributed by atoms with Crippen molar-refractivity contribution in [2.75, 3.05) is 0 Å². The van der Waals surface area contributed by atoms with Crippen molar-refractivity contribution in [1.29, 1.82) is 0 Å². The lowest BCUT2D eigenvalue weighted by molar-refractivity contribution is -0.116. The number of carbonyl (C=O) groups excluding carboxylic acids is 1. The van der Waals surface area contributed by atoms with E-state index in [1.807, 2.05) is 0 Å². The number of hydrogen-bond donors (Lipinski definition) is 1. The summed E-state index contributed by atoms with van der Waals surface area (Å²) in [5.74, 6) is -0.438. The van der Waals surface area contributed by atoms with E-state index in [1.165, 1.54) is 28.6 Å². The van der Waals surface area contributed by atoms with Crippen molar-refractivity contribution < 1.29 is 9.18 Å². The van der Waals surface area contributed by atoms with Crippen molar-refractivity contribution in [2.45, 2.75) is 20.4 Å². The molecule has 4 heteroatoms. The van der Waals surface area contributed by atoms with Crippen molar-refractivity contribution >= 4 is 23.3 Å². The van der Waals surface area contributed by atoms with Gasteiger partial charge in [-0.05, 0) is 54.1 Å². The van der Waals surface area contributed by atoms with Gasteiger partial charge in [0, 0.05) is 17.5 Å². The fourth-order valence-electron chi connectivity index (χ4n) is 1.72. The van der Waals surface area contributed by atoms with E-state index >= 15 is 0 Å². The maximum absolute atomic E-state index is 12.7. The number of hydrogen-bond acceptors (Lipinski definition) is 2. The van der Waals surface area contributed by atoms with Crippen LogP contribution in [0.2, 0.25) is 0 Å². The molecule has 2 aromatic rings. The smallest absolute Gasteiger partial charge is 0.244 e. The topological polar surface area (TPSA) is 29.1 Å². The van der Waals surface area contributed by atoms with Gasteiger partial charge in [0.05, 0.1) is 0 Å². The molecule has 0 fully saturated rings. The molecule has 1 aromatic heterocycles.